The molecule has 2 aromatic carbocycles. The summed E-state index contributed by atoms with van der Waals surface area (Å²) in [5.74, 6) is 2.82. The Hall–Kier alpha value is -3.22. The summed E-state index contributed by atoms with van der Waals surface area (Å²) in [5.41, 5.74) is 1.91. The van der Waals surface area contributed by atoms with Crippen LogP contribution < -0.4 is 14.8 Å². The van der Waals surface area contributed by atoms with Crippen molar-refractivity contribution < 1.29 is 14.3 Å². The van der Waals surface area contributed by atoms with Crippen molar-refractivity contribution in [2.24, 2.45) is 0 Å². The molecule has 6 heteroatoms. The molecule has 0 heterocycles. The molecule has 2 rings (SSSR count). The third-order valence-corrected chi connectivity index (χ3v) is 4.04. The first-order chi connectivity index (χ1) is 13.0. The SMILES string of the molecule is C#CCOc1ccc(Br)cc1/C=C(\C#N)C(=O)Nc1cc(C)ccc1OC. The van der Waals surface area contributed by atoms with E-state index in [0.29, 0.717) is 22.7 Å². The normalized spacial score (nSPS) is 10.5. The number of carbonyl (C=O) groups is 1. The highest BCUT2D eigenvalue weighted by molar-refractivity contribution is 9.10. The molecular formula is C21H17BrN2O3. The molecule has 0 bridgehead atoms. The van der Waals surface area contributed by atoms with Gasteiger partial charge in [-0.1, -0.05) is 27.9 Å². The zero-order valence-corrected chi connectivity index (χ0v) is 16.5. The van der Waals surface area contributed by atoms with E-state index in [0.717, 1.165) is 10.0 Å². The lowest BCUT2D eigenvalue weighted by Gasteiger charge is -2.11. The van der Waals surface area contributed by atoms with Gasteiger partial charge < -0.3 is 14.8 Å². The fourth-order valence-electron chi connectivity index (χ4n) is 2.30. The second-order valence-corrected chi connectivity index (χ2v) is 6.42. The lowest BCUT2D eigenvalue weighted by molar-refractivity contribution is -0.112. The Bertz CT molecular complexity index is 968. The van der Waals surface area contributed by atoms with Crippen LogP contribution in [0.2, 0.25) is 0 Å². The summed E-state index contributed by atoms with van der Waals surface area (Å²) in [7, 11) is 1.51. The number of terminal acetylenes is 1. The van der Waals surface area contributed by atoms with E-state index in [-0.39, 0.29) is 12.2 Å². The Labute approximate surface area is 166 Å². The van der Waals surface area contributed by atoms with Gasteiger partial charge >= 0.3 is 0 Å². The summed E-state index contributed by atoms with van der Waals surface area (Å²) in [6, 6.07) is 12.5. The van der Waals surface area contributed by atoms with Crippen LogP contribution >= 0.6 is 15.9 Å². The van der Waals surface area contributed by atoms with Crippen LogP contribution in [0.25, 0.3) is 6.08 Å². The topological polar surface area (TPSA) is 71.3 Å². The number of amides is 1. The molecule has 0 aliphatic heterocycles. The van der Waals surface area contributed by atoms with Gasteiger partial charge in [-0.25, -0.2) is 0 Å². The van der Waals surface area contributed by atoms with E-state index in [2.05, 4.69) is 27.2 Å². The number of carbonyl (C=O) groups excluding carboxylic acids is 1. The highest BCUT2D eigenvalue weighted by atomic mass is 79.9. The number of ether oxygens (including phenoxy) is 2. The predicted molar refractivity (Wildman–Crippen MR) is 108 cm³/mol. The molecule has 0 aromatic heterocycles. The Morgan fingerprint density at radius 3 is 2.70 bits per heavy atom. The summed E-state index contributed by atoms with van der Waals surface area (Å²) in [5, 5.41) is 12.2. The standard InChI is InChI=1S/C21H17BrN2O3/c1-4-9-27-19-8-6-17(22)12-15(19)11-16(13-23)21(25)24-18-10-14(2)5-7-20(18)26-3/h1,5-8,10-12H,9H2,2-3H3,(H,24,25)/b16-11+. The van der Waals surface area contributed by atoms with Crippen molar-refractivity contribution >= 4 is 33.6 Å². The number of anilines is 1. The number of benzene rings is 2. The van der Waals surface area contributed by atoms with Gasteiger partial charge in [0.1, 0.15) is 29.7 Å². The van der Waals surface area contributed by atoms with E-state index in [4.69, 9.17) is 15.9 Å². The highest BCUT2D eigenvalue weighted by Crippen LogP contribution is 2.28. The van der Waals surface area contributed by atoms with Crippen molar-refractivity contribution in [2.75, 3.05) is 19.0 Å². The average molecular weight is 425 g/mol. The molecule has 136 valence electrons. The van der Waals surface area contributed by atoms with Gasteiger partial charge in [-0.05, 0) is 48.9 Å². The number of methoxy groups -OCH3 is 1. The van der Waals surface area contributed by atoms with Crippen molar-refractivity contribution in [1.29, 1.82) is 5.26 Å². The largest absolute Gasteiger partial charge is 0.495 e. The number of aryl methyl sites for hydroxylation is 1. The van der Waals surface area contributed by atoms with Gasteiger partial charge in [0.15, 0.2) is 0 Å². The second kappa shape index (κ2) is 9.47. The Balaban J connectivity index is 2.36. The van der Waals surface area contributed by atoms with E-state index < -0.39 is 5.91 Å². The lowest BCUT2D eigenvalue weighted by Crippen LogP contribution is -2.14. The van der Waals surface area contributed by atoms with Gasteiger partial charge in [0, 0.05) is 10.0 Å². The summed E-state index contributed by atoms with van der Waals surface area (Å²) in [4.78, 5) is 12.6. The molecule has 2 aromatic rings. The minimum absolute atomic E-state index is 0.0804. The van der Waals surface area contributed by atoms with Crippen LogP contribution in [0, 0.1) is 30.6 Å². The summed E-state index contributed by atoms with van der Waals surface area (Å²) in [6.07, 6.45) is 6.68. The number of hydrogen-bond donors (Lipinski definition) is 1. The predicted octanol–water partition coefficient (Wildman–Crippen LogP) is 4.32. The van der Waals surface area contributed by atoms with Gasteiger partial charge in [0.25, 0.3) is 5.91 Å². The smallest absolute Gasteiger partial charge is 0.266 e. The number of halogens is 1. The lowest BCUT2D eigenvalue weighted by atomic mass is 10.1. The zero-order chi connectivity index (χ0) is 19.8. The van der Waals surface area contributed by atoms with Crippen molar-refractivity contribution in [3.05, 3.63) is 57.6 Å². The van der Waals surface area contributed by atoms with Crippen LogP contribution in [-0.4, -0.2) is 19.6 Å². The molecule has 0 atom stereocenters. The summed E-state index contributed by atoms with van der Waals surface area (Å²) >= 11 is 3.37. The molecule has 0 saturated heterocycles. The van der Waals surface area contributed by atoms with E-state index in [1.807, 2.05) is 19.1 Å². The van der Waals surface area contributed by atoms with Crippen LogP contribution in [0.1, 0.15) is 11.1 Å². The van der Waals surface area contributed by atoms with E-state index >= 15 is 0 Å². The molecule has 0 aliphatic rings. The molecule has 0 aliphatic carbocycles. The number of nitrogens with one attached hydrogen (secondary N) is 1. The maximum atomic E-state index is 12.6. The number of hydrogen-bond acceptors (Lipinski definition) is 4. The van der Waals surface area contributed by atoms with E-state index in [1.165, 1.54) is 13.2 Å². The Morgan fingerprint density at radius 2 is 2.04 bits per heavy atom. The molecule has 0 fully saturated rings. The zero-order valence-electron chi connectivity index (χ0n) is 14.9. The fourth-order valence-corrected chi connectivity index (χ4v) is 2.68. The average Bonchev–Trinajstić information content (AvgIpc) is 2.65. The van der Waals surface area contributed by atoms with Crippen molar-refractivity contribution in [3.8, 4) is 29.9 Å². The van der Waals surface area contributed by atoms with Crippen LogP contribution in [0.15, 0.2) is 46.4 Å². The summed E-state index contributed by atoms with van der Waals surface area (Å²) < 4.78 is 11.5. The number of rotatable bonds is 6. The van der Waals surface area contributed by atoms with Crippen LogP contribution in [0.4, 0.5) is 5.69 Å². The molecule has 27 heavy (non-hydrogen) atoms. The molecule has 0 radical (unpaired) electrons. The first-order valence-corrected chi connectivity index (χ1v) is 8.71. The fraction of sp³-hybridized carbons (Fsp3) is 0.143. The maximum absolute atomic E-state index is 12.6. The van der Waals surface area contributed by atoms with Crippen molar-refractivity contribution in [2.45, 2.75) is 6.92 Å². The Morgan fingerprint density at radius 1 is 1.30 bits per heavy atom. The minimum atomic E-state index is -0.552. The van der Waals surface area contributed by atoms with Gasteiger partial charge in [-0.15, -0.1) is 6.42 Å². The third kappa shape index (κ3) is 5.37. The van der Waals surface area contributed by atoms with Gasteiger partial charge in [0.2, 0.25) is 0 Å². The van der Waals surface area contributed by atoms with Crippen LogP contribution in [0.3, 0.4) is 0 Å². The van der Waals surface area contributed by atoms with Gasteiger partial charge in [-0.2, -0.15) is 5.26 Å². The molecule has 0 spiro atoms. The molecule has 0 unspecified atom stereocenters. The molecule has 5 nitrogen and oxygen atoms in total. The number of nitriles is 1. The first-order valence-electron chi connectivity index (χ1n) is 7.92. The maximum Gasteiger partial charge on any atom is 0.266 e. The number of nitrogens with zero attached hydrogens (tertiary/aromatic N) is 1. The Kier molecular flexibility index (Phi) is 7.05. The van der Waals surface area contributed by atoms with E-state index in [9.17, 15) is 10.1 Å². The van der Waals surface area contributed by atoms with E-state index in [1.54, 1.807) is 30.3 Å². The molecule has 1 N–H and O–H groups in total. The molecular weight excluding hydrogens is 408 g/mol. The molecule has 0 saturated carbocycles. The van der Waals surface area contributed by atoms with Crippen LogP contribution in [-0.2, 0) is 4.79 Å². The highest BCUT2D eigenvalue weighted by Gasteiger charge is 2.14. The van der Waals surface area contributed by atoms with Gasteiger partial charge in [-0.3, -0.25) is 4.79 Å². The third-order valence-electron chi connectivity index (χ3n) is 3.55. The molecule has 1 amide bonds. The first kappa shape index (κ1) is 20.1. The second-order valence-electron chi connectivity index (χ2n) is 5.50. The monoisotopic (exact) mass is 424 g/mol. The van der Waals surface area contributed by atoms with Crippen LogP contribution in [0.5, 0.6) is 11.5 Å². The van der Waals surface area contributed by atoms with Gasteiger partial charge in [0.05, 0.1) is 12.8 Å². The minimum Gasteiger partial charge on any atom is -0.495 e. The van der Waals surface area contributed by atoms with Crippen molar-refractivity contribution in [1.82, 2.24) is 0 Å². The quantitative estimate of drug-likeness (QED) is 0.425. The van der Waals surface area contributed by atoms with Crippen molar-refractivity contribution in [3.63, 3.8) is 0 Å². The summed E-state index contributed by atoms with van der Waals surface area (Å²) in [6.45, 7) is 1.98.